The highest BCUT2D eigenvalue weighted by Gasteiger charge is 2.08. The van der Waals surface area contributed by atoms with Gasteiger partial charge in [0.15, 0.2) is 0 Å². The minimum Gasteiger partial charge on any atom is -0.496 e. The Kier molecular flexibility index (Phi) is 3.39. The molecule has 0 N–H and O–H groups in total. The molecular weight excluding hydrogens is 174 g/mol. The minimum atomic E-state index is 0.968. The molecule has 1 rings (SSSR count). The second-order valence-corrected chi connectivity index (χ2v) is 3.55. The minimum absolute atomic E-state index is 0.968. The van der Waals surface area contributed by atoms with E-state index in [9.17, 15) is 0 Å². The van der Waals surface area contributed by atoms with E-state index in [-0.39, 0.29) is 0 Å². The number of rotatable bonds is 3. The van der Waals surface area contributed by atoms with E-state index in [1.165, 1.54) is 16.8 Å². The van der Waals surface area contributed by atoms with Crippen molar-refractivity contribution in [3.05, 3.63) is 23.3 Å². The van der Waals surface area contributed by atoms with E-state index in [4.69, 9.17) is 4.74 Å². The smallest absolute Gasteiger partial charge is 0.122 e. The molecule has 0 unspecified atom stereocenters. The lowest BCUT2D eigenvalue weighted by atomic mass is 10.1. The van der Waals surface area contributed by atoms with Gasteiger partial charge in [-0.3, -0.25) is 0 Å². The number of methoxy groups -OCH3 is 1. The summed E-state index contributed by atoms with van der Waals surface area (Å²) in [7, 11) is 3.82. The Morgan fingerprint density at radius 3 is 2.36 bits per heavy atom. The van der Waals surface area contributed by atoms with Gasteiger partial charge in [0.25, 0.3) is 0 Å². The van der Waals surface area contributed by atoms with E-state index in [1.54, 1.807) is 7.11 Å². The zero-order valence-electron chi connectivity index (χ0n) is 9.72. The van der Waals surface area contributed by atoms with Crippen molar-refractivity contribution in [2.75, 3.05) is 25.6 Å². The predicted molar refractivity (Wildman–Crippen MR) is 61.4 cm³/mol. The maximum atomic E-state index is 5.28. The van der Waals surface area contributed by atoms with Crippen LogP contribution in [0.3, 0.4) is 0 Å². The van der Waals surface area contributed by atoms with E-state index in [1.807, 2.05) is 6.07 Å². The Hall–Kier alpha value is -1.18. The van der Waals surface area contributed by atoms with Crippen LogP contribution in [0.5, 0.6) is 5.75 Å². The van der Waals surface area contributed by atoms with Crippen LogP contribution in [-0.4, -0.2) is 20.7 Å². The predicted octanol–water partition coefficient (Wildman–Crippen LogP) is 2.77. The molecule has 1 aromatic rings. The fourth-order valence-corrected chi connectivity index (χ4v) is 1.59. The summed E-state index contributed by atoms with van der Waals surface area (Å²) in [5.74, 6) is 0.968. The van der Waals surface area contributed by atoms with Crippen LogP contribution in [0.25, 0.3) is 0 Å². The van der Waals surface area contributed by atoms with Crippen molar-refractivity contribution < 1.29 is 4.74 Å². The number of benzene rings is 1. The highest BCUT2D eigenvalue weighted by molar-refractivity contribution is 5.59. The monoisotopic (exact) mass is 193 g/mol. The first-order valence-corrected chi connectivity index (χ1v) is 4.97. The first kappa shape index (κ1) is 10.9. The molecule has 0 aliphatic heterocycles. The number of anilines is 1. The van der Waals surface area contributed by atoms with E-state index in [0.717, 1.165) is 12.3 Å². The highest BCUT2D eigenvalue weighted by atomic mass is 16.5. The number of ether oxygens (including phenoxy) is 1. The first-order valence-electron chi connectivity index (χ1n) is 4.97. The second kappa shape index (κ2) is 4.36. The molecule has 14 heavy (non-hydrogen) atoms. The summed E-state index contributed by atoms with van der Waals surface area (Å²) < 4.78 is 5.28. The summed E-state index contributed by atoms with van der Waals surface area (Å²) >= 11 is 0. The van der Waals surface area contributed by atoms with Gasteiger partial charge in [-0.15, -0.1) is 0 Å². The number of hydrogen-bond acceptors (Lipinski definition) is 2. The average molecular weight is 193 g/mol. The Labute approximate surface area is 86.5 Å². The second-order valence-electron chi connectivity index (χ2n) is 3.55. The third kappa shape index (κ3) is 1.84. The van der Waals surface area contributed by atoms with Crippen LogP contribution in [-0.2, 0) is 0 Å². The molecule has 0 bridgehead atoms. The molecule has 2 heteroatoms. The zero-order valence-corrected chi connectivity index (χ0v) is 9.72. The molecule has 0 saturated heterocycles. The Morgan fingerprint density at radius 1 is 1.21 bits per heavy atom. The van der Waals surface area contributed by atoms with Gasteiger partial charge >= 0.3 is 0 Å². The SMILES string of the molecule is CCN(C)c1ccc(OC)c(C)c1C. The topological polar surface area (TPSA) is 12.5 Å². The summed E-state index contributed by atoms with van der Waals surface area (Å²) in [4.78, 5) is 2.24. The molecule has 2 nitrogen and oxygen atoms in total. The van der Waals surface area contributed by atoms with Crippen molar-refractivity contribution in [1.82, 2.24) is 0 Å². The van der Waals surface area contributed by atoms with Gasteiger partial charge in [-0.05, 0) is 44.0 Å². The van der Waals surface area contributed by atoms with E-state index >= 15 is 0 Å². The quantitative estimate of drug-likeness (QED) is 0.732. The van der Waals surface area contributed by atoms with E-state index in [2.05, 4.69) is 38.8 Å². The third-order valence-electron chi connectivity index (χ3n) is 2.81. The average Bonchev–Trinajstić information content (AvgIpc) is 2.21. The van der Waals surface area contributed by atoms with Gasteiger partial charge in [-0.2, -0.15) is 0 Å². The molecule has 0 aromatic heterocycles. The van der Waals surface area contributed by atoms with Crippen LogP contribution in [0.2, 0.25) is 0 Å². The molecule has 0 aliphatic carbocycles. The van der Waals surface area contributed by atoms with Gasteiger partial charge in [0.1, 0.15) is 5.75 Å². The molecule has 0 aliphatic rings. The number of nitrogens with zero attached hydrogens (tertiary/aromatic N) is 1. The van der Waals surface area contributed by atoms with Gasteiger partial charge in [0.2, 0.25) is 0 Å². The molecule has 1 aromatic carbocycles. The Morgan fingerprint density at radius 2 is 1.86 bits per heavy atom. The van der Waals surface area contributed by atoms with Crippen LogP contribution >= 0.6 is 0 Å². The molecule has 0 heterocycles. The number of hydrogen-bond donors (Lipinski definition) is 0. The Balaban J connectivity index is 3.17. The first-order chi connectivity index (χ1) is 6.61. The van der Waals surface area contributed by atoms with E-state index < -0.39 is 0 Å². The summed E-state index contributed by atoms with van der Waals surface area (Å²) in [6.07, 6.45) is 0. The van der Waals surface area contributed by atoms with Gasteiger partial charge in [0.05, 0.1) is 7.11 Å². The maximum Gasteiger partial charge on any atom is 0.122 e. The van der Waals surface area contributed by atoms with Crippen LogP contribution < -0.4 is 9.64 Å². The summed E-state index contributed by atoms with van der Waals surface area (Å²) in [5.41, 5.74) is 3.81. The largest absolute Gasteiger partial charge is 0.496 e. The van der Waals surface area contributed by atoms with Gasteiger partial charge in [-0.25, -0.2) is 0 Å². The van der Waals surface area contributed by atoms with Gasteiger partial charge < -0.3 is 9.64 Å². The lowest BCUT2D eigenvalue weighted by Gasteiger charge is -2.21. The van der Waals surface area contributed by atoms with Crippen LogP contribution in [0.15, 0.2) is 12.1 Å². The van der Waals surface area contributed by atoms with Gasteiger partial charge in [0, 0.05) is 19.3 Å². The fraction of sp³-hybridized carbons (Fsp3) is 0.500. The zero-order chi connectivity index (χ0) is 10.7. The maximum absolute atomic E-state index is 5.28. The fourth-order valence-electron chi connectivity index (χ4n) is 1.59. The third-order valence-corrected chi connectivity index (χ3v) is 2.81. The summed E-state index contributed by atoms with van der Waals surface area (Å²) in [6.45, 7) is 7.41. The van der Waals surface area contributed by atoms with Crippen molar-refractivity contribution in [2.45, 2.75) is 20.8 Å². The molecule has 0 atom stereocenters. The molecule has 0 radical (unpaired) electrons. The van der Waals surface area contributed by atoms with Crippen LogP contribution in [0.1, 0.15) is 18.1 Å². The molecule has 0 spiro atoms. The van der Waals surface area contributed by atoms with Crippen molar-refractivity contribution in [1.29, 1.82) is 0 Å². The van der Waals surface area contributed by atoms with E-state index in [0.29, 0.717) is 0 Å². The van der Waals surface area contributed by atoms with Crippen LogP contribution in [0.4, 0.5) is 5.69 Å². The Bertz CT molecular complexity index is 320. The normalized spacial score (nSPS) is 10.1. The summed E-state index contributed by atoms with van der Waals surface area (Å²) in [5, 5.41) is 0. The van der Waals surface area contributed by atoms with Crippen molar-refractivity contribution in [2.24, 2.45) is 0 Å². The standard InChI is InChI=1S/C12H19NO/c1-6-13(4)11-7-8-12(14-5)10(3)9(11)2/h7-8H,6H2,1-5H3. The van der Waals surface area contributed by atoms with Crippen molar-refractivity contribution in [3.63, 3.8) is 0 Å². The summed E-state index contributed by atoms with van der Waals surface area (Å²) in [6, 6.07) is 4.15. The van der Waals surface area contributed by atoms with Crippen molar-refractivity contribution in [3.8, 4) is 5.75 Å². The van der Waals surface area contributed by atoms with Gasteiger partial charge in [-0.1, -0.05) is 0 Å². The molecule has 0 saturated carbocycles. The highest BCUT2D eigenvalue weighted by Crippen LogP contribution is 2.28. The lowest BCUT2D eigenvalue weighted by Crippen LogP contribution is -2.17. The molecule has 0 amide bonds. The van der Waals surface area contributed by atoms with Crippen LogP contribution in [0, 0.1) is 13.8 Å². The van der Waals surface area contributed by atoms with Crippen molar-refractivity contribution >= 4 is 5.69 Å². The lowest BCUT2D eigenvalue weighted by molar-refractivity contribution is 0.411. The molecular formula is C12H19NO. The molecule has 0 fully saturated rings. The molecule has 78 valence electrons.